The van der Waals surface area contributed by atoms with E-state index in [4.69, 9.17) is 4.84 Å². The van der Waals surface area contributed by atoms with E-state index in [1.165, 1.54) is 11.8 Å². The van der Waals surface area contributed by atoms with Gasteiger partial charge in [0.2, 0.25) is 12.4 Å². The average molecular weight is 426 g/mol. The number of carbonyl (C=O) groups excluding carboxylic acids is 1. The van der Waals surface area contributed by atoms with Gasteiger partial charge in [0.15, 0.2) is 5.78 Å². The third kappa shape index (κ3) is 4.36. The fourth-order valence-electron chi connectivity index (χ4n) is 3.11. The van der Waals surface area contributed by atoms with Crippen molar-refractivity contribution in [2.75, 3.05) is 11.8 Å². The van der Waals surface area contributed by atoms with Gasteiger partial charge in [0.25, 0.3) is 10.0 Å². The number of pyridine rings is 1. The lowest BCUT2D eigenvalue weighted by atomic mass is 9.96. The van der Waals surface area contributed by atoms with Crippen molar-refractivity contribution < 1.29 is 22.8 Å². The zero-order valence-electron chi connectivity index (χ0n) is 17.7. The highest BCUT2D eigenvalue weighted by atomic mass is 32.2. The fourth-order valence-corrected chi connectivity index (χ4v) is 4.18. The number of nitrogens with one attached hydrogen (secondary N) is 1. The van der Waals surface area contributed by atoms with Gasteiger partial charge >= 0.3 is 0 Å². The van der Waals surface area contributed by atoms with E-state index in [2.05, 4.69) is 4.72 Å². The van der Waals surface area contributed by atoms with E-state index in [0.29, 0.717) is 11.1 Å². The third-order valence-corrected chi connectivity index (χ3v) is 6.42. The summed E-state index contributed by atoms with van der Waals surface area (Å²) in [6.45, 7) is 7.46. The second-order valence-electron chi connectivity index (χ2n) is 7.31. The highest BCUT2D eigenvalue weighted by molar-refractivity contribution is 7.92. The number of anilines is 1. The van der Waals surface area contributed by atoms with Crippen molar-refractivity contribution in [3.63, 3.8) is 0 Å². The molecule has 7 heteroatoms. The SMILES string of the molecule is CO[n+]1ccc(C(=O)c2cc(C)c(C)cc2NS(=O)(=O)c2ccc(C)cc2)c(C)c1. The summed E-state index contributed by atoms with van der Waals surface area (Å²) in [5.41, 5.74) is 4.49. The first-order valence-corrected chi connectivity index (χ1v) is 10.9. The molecule has 0 radical (unpaired) electrons. The lowest BCUT2D eigenvalue weighted by Crippen LogP contribution is -2.40. The van der Waals surface area contributed by atoms with Crippen LogP contribution in [-0.4, -0.2) is 21.3 Å². The van der Waals surface area contributed by atoms with Crippen LogP contribution in [-0.2, 0) is 10.0 Å². The molecule has 0 bridgehead atoms. The first-order chi connectivity index (χ1) is 14.1. The first-order valence-electron chi connectivity index (χ1n) is 9.44. The second kappa shape index (κ2) is 8.28. The molecule has 1 heterocycles. The zero-order valence-corrected chi connectivity index (χ0v) is 18.5. The van der Waals surface area contributed by atoms with E-state index in [0.717, 1.165) is 22.3 Å². The molecule has 0 aliphatic heterocycles. The summed E-state index contributed by atoms with van der Waals surface area (Å²) in [6.07, 6.45) is 3.34. The molecule has 0 atom stereocenters. The number of rotatable bonds is 6. The van der Waals surface area contributed by atoms with Crippen LogP contribution in [0.4, 0.5) is 5.69 Å². The predicted molar refractivity (Wildman–Crippen MR) is 115 cm³/mol. The van der Waals surface area contributed by atoms with Crippen molar-refractivity contribution in [3.8, 4) is 0 Å². The smallest absolute Gasteiger partial charge is 0.261 e. The summed E-state index contributed by atoms with van der Waals surface area (Å²) in [5, 5.41) is 0. The molecular formula is C23H25N2O4S+. The molecule has 0 amide bonds. The van der Waals surface area contributed by atoms with Crippen LogP contribution in [0.5, 0.6) is 0 Å². The van der Waals surface area contributed by atoms with Gasteiger partial charge in [-0.2, -0.15) is 0 Å². The Morgan fingerprint density at radius 1 is 0.900 bits per heavy atom. The number of hydrogen-bond donors (Lipinski definition) is 1. The van der Waals surface area contributed by atoms with E-state index in [9.17, 15) is 13.2 Å². The Morgan fingerprint density at radius 3 is 2.13 bits per heavy atom. The van der Waals surface area contributed by atoms with E-state index in [1.807, 2.05) is 20.8 Å². The maximum atomic E-state index is 13.3. The standard InChI is InChI=1S/C23H24N2O4S/c1-15-6-8-19(9-7-15)30(27,28)24-22-13-17(3)16(2)12-21(22)23(26)20-10-11-25(29-5)14-18(20)4/h6-14H,1-5H3/p+1. The highest BCUT2D eigenvalue weighted by Crippen LogP contribution is 2.27. The summed E-state index contributed by atoms with van der Waals surface area (Å²) in [6, 6.07) is 11.6. The molecule has 156 valence electrons. The van der Waals surface area contributed by atoms with Crippen molar-refractivity contribution in [2.24, 2.45) is 0 Å². The molecule has 0 saturated carbocycles. The molecule has 0 aliphatic carbocycles. The number of sulfonamides is 1. The lowest BCUT2D eigenvalue weighted by Gasteiger charge is -2.15. The minimum atomic E-state index is -3.85. The molecule has 2 aromatic carbocycles. The Kier molecular flexibility index (Phi) is 5.94. The Balaban J connectivity index is 2.07. The number of nitrogens with zero attached hydrogens (tertiary/aromatic N) is 1. The third-order valence-electron chi connectivity index (χ3n) is 5.04. The van der Waals surface area contributed by atoms with Crippen LogP contribution in [0.2, 0.25) is 0 Å². The monoisotopic (exact) mass is 425 g/mol. The quantitative estimate of drug-likeness (QED) is 0.486. The molecule has 3 aromatic rings. The summed E-state index contributed by atoms with van der Waals surface area (Å²) in [5.74, 6) is -0.263. The van der Waals surface area contributed by atoms with Gasteiger partial charge in [-0.15, -0.1) is 0 Å². The number of ketones is 1. The first kappa shape index (κ1) is 21.5. The molecule has 6 nitrogen and oxygen atoms in total. The maximum absolute atomic E-state index is 13.3. The van der Waals surface area contributed by atoms with Gasteiger partial charge in [-0.05, 0) is 63.1 Å². The van der Waals surface area contributed by atoms with Crippen molar-refractivity contribution in [3.05, 3.63) is 88.2 Å². The van der Waals surface area contributed by atoms with Crippen LogP contribution < -0.4 is 14.3 Å². The molecule has 1 N–H and O–H groups in total. The Hall–Kier alpha value is -3.19. The minimum Gasteiger partial charge on any atom is -0.289 e. The zero-order chi connectivity index (χ0) is 22.1. The topological polar surface area (TPSA) is 76.3 Å². The van der Waals surface area contributed by atoms with Gasteiger partial charge in [0, 0.05) is 27.5 Å². The number of benzene rings is 2. The maximum Gasteiger partial charge on any atom is 0.261 e. The van der Waals surface area contributed by atoms with Crippen LogP contribution >= 0.6 is 0 Å². The molecule has 1 aromatic heterocycles. The summed E-state index contributed by atoms with van der Waals surface area (Å²) in [4.78, 5) is 18.6. The molecular weight excluding hydrogens is 400 g/mol. The molecule has 0 aliphatic rings. The van der Waals surface area contributed by atoms with Gasteiger partial charge in [-0.25, -0.2) is 8.42 Å². The van der Waals surface area contributed by atoms with E-state index in [-0.39, 0.29) is 16.4 Å². The number of aryl methyl sites for hydroxylation is 4. The van der Waals surface area contributed by atoms with Gasteiger partial charge in [-0.1, -0.05) is 17.7 Å². The fraction of sp³-hybridized carbons (Fsp3) is 0.217. The van der Waals surface area contributed by atoms with Crippen LogP contribution in [0, 0.1) is 27.7 Å². The average Bonchev–Trinajstić information content (AvgIpc) is 2.70. The van der Waals surface area contributed by atoms with Crippen molar-refractivity contribution in [1.82, 2.24) is 0 Å². The van der Waals surface area contributed by atoms with Crippen LogP contribution in [0.1, 0.15) is 38.2 Å². The normalized spacial score (nSPS) is 11.2. The van der Waals surface area contributed by atoms with E-state index < -0.39 is 10.0 Å². The lowest BCUT2D eigenvalue weighted by molar-refractivity contribution is -0.885. The molecule has 0 saturated heterocycles. The van der Waals surface area contributed by atoms with Gasteiger partial charge in [-0.3, -0.25) is 14.4 Å². The Labute approximate surface area is 177 Å². The number of carbonyl (C=O) groups is 1. The summed E-state index contributed by atoms with van der Waals surface area (Å²) < 4.78 is 30.0. The molecule has 30 heavy (non-hydrogen) atoms. The Morgan fingerprint density at radius 2 is 1.53 bits per heavy atom. The molecule has 3 rings (SSSR count). The molecule has 0 spiro atoms. The number of aromatic nitrogens is 1. The highest BCUT2D eigenvalue weighted by Gasteiger charge is 2.23. The van der Waals surface area contributed by atoms with E-state index in [1.54, 1.807) is 61.8 Å². The van der Waals surface area contributed by atoms with Crippen LogP contribution in [0.25, 0.3) is 0 Å². The van der Waals surface area contributed by atoms with Gasteiger partial charge in [0.05, 0.1) is 10.6 Å². The molecule has 0 unspecified atom stereocenters. The van der Waals surface area contributed by atoms with Crippen molar-refractivity contribution in [1.29, 1.82) is 0 Å². The second-order valence-corrected chi connectivity index (χ2v) is 9.00. The van der Waals surface area contributed by atoms with E-state index >= 15 is 0 Å². The summed E-state index contributed by atoms with van der Waals surface area (Å²) in [7, 11) is -2.32. The van der Waals surface area contributed by atoms with Gasteiger partial charge < -0.3 is 0 Å². The molecule has 0 fully saturated rings. The predicted octanol–water partition coefficient (Wildman–Crippen LogP) is 3.30. The van der Waals surface area contributed by atoms with Crippen LogP contribution in [0.3, 0.4) is 0 Å². The van der Waals surface area contributed by atoms with Crippen molar-refractivity contribution in [2.45, 2.75) is 32.6 Å². The van der Waals surface area contributed by atoms with Crippen LogP contribution in [0.15, 0.2) is 59.8 Å². The summed E-state index contributed by atoms with van der Waals surface area (Å²) >= 11 is 0. The minimum absolute atomic E-state index is 0.141. The largest absolute Gasteiger partial charge is 0.289 e. The van der Waals surface area contributed by atoms with Gasteiger partial charge in [0.1, 0.15) is 7.11 Å². The Bertz CT molecular complexity index is 1220. The van der Waals surface area contributed by atoms with Crippen molar-refractivity contribution >= 4 is 21.5 Å². The number of hydrogen-bond acceptors (Lipinski definition) is 4.